The number of benzene rings is 1. The van der Waals surface area contributed by atoms with Crippen LogP contribution in [0.3, 0.4) is 0 Å². The van der Waals surface area contributed by atoms with Crippen molar-refractivity contribution in [3.8, 4) is 11.6 Å². The third-order valence-electron chi connectivity index (χ3n) is 3.70. The van der Waals surface area contributed by atoms with Crippen LogP contribution >= 0.6 is 35.0 Å². The standard InChI is InChI=1S/C17H15Cl2N3O3S/c1-9(10-2-4-12(18)13(19)7-10)6-11-3-5-14(25-11)16-20-17(22-21-16)26-8-15(23)24/h2-5,7,9H,6,8H2,1H3,(H,23,24)(H,20,21,22). The molecular weight excluding hydrogens is 397 g/mol. The van der Waals surface area contributed by atoms with Gasteiger partial charge in [-0.1, -0.05) is 48.0 Å². The van der Waals surface area contributed by atoms with Crippen molar-refractivity contribution >= 4 is 40.9 Å². The molecule has 0 aliphatic carbocycles. The highest BCUT2D eigenvalue weighted by Crippen LogP contribution is 2.29. The van der Waals surface area contributed by atoms with Gasteiger partial charge in [-0.2, -0.15) is 4.98 Å². The first-order valence-corrected chi connectivity index (χ1v) is 9.47. The van der Waals surface area contributed by atoms with E-state index in [0.717, 1.165) is 23.1 Å². The summed E-state index contributed by atoms with van der Waals surface area (Å²) in [7, 11) is 0. The second-order valence-electron chi connectivity index (χ2n) is 5.69. The zero-order valence-electron chi connectivity index (χ0n) is 13.7. The molecular formula is C17H15Cl2N3O3S. The van der Waals surface area contributed by atoms with Gasteiger partial charge in [-0.25, -0.2) is 0 Å². The number of rotatable bonds is 7. The summed E-state index contributed by atoms with van der Waals surface area (Å²) in [6.07, 6.45) is 0.687. The van der Waals surface area contributed by atoms with Gasteiger partial charge in [0.15, 0.2) is 11.6 Å². The van der Waals surface area contributed by atoms with Crippen LogP contribution in [0.5, 0.6) is 0 Å². The maximum Gasteiger partial charge on any atom is 0.313 e. The molecule has 3 aromatic rings. The topological polar surface area (TPSA) is 92.0 Å². The smallest absolute Gasteiger partial charge is 0.313 e. The van der Waals surface area contributed by atoms with E-state index in [-0.39, 0.29) is 11.7 Å². The molecule has 0 aliphatic rings. The molecule has 1 unspecified atom stereocenters. The highest BCUT2D eigenvalue weighted by atomic mass is 35.5. The van der Waals surface area contributed by atoms with E-state index in [1.165, 1.54) is 0 Å². The van der Waals surface area contributed by atoms with Gasteiger partial charge in [0.05, 0.1) is 15.8 Å². The lowest BCUT2D eigenvalue weighted by Gasteiger charge is -2.11. The Bertz CT molecular complexity index is 926. The molecule has 0 saturated carbocycles. The monoisotopic (exact) mass is 411 g/mol. The van der Waals surface area contributed by atoms with Crippen molar-refractivity contribution in [2.75, 3.05) is 5.75 Å². The van der Waals surface area contributed by atoms with Crippen molar-refractivity contribution in [3.05, 3.63) is 51.7 Å². The normalized spacial score (nSPS) is 12.3. The molecule has 1 atom stereocenters. The molecule has 136 valence electrons. The van der Waals surface area contributed by atoms with Crippen LogP contribution in [-0.2, 0) is 11.2 Å². The fourth-order valence-corrected chi connectivity index (χ4v) is 3.23. The minimum Gasteiger partial charge on any atom is -0.481 e. The van der Waals surface area contributed by atoms with Gasteiger partial charge in [-0.05, 0) is 35.7 Å². The largest absolute Gasteiger partial charge is 0.481 e. The van der Waals surface area contributed by atoms with Crippen molar-refractivity contribution in [3.63, 3.8) is 0 Å². The van der Waals surface area contributed by atoms with Gasteiger partial charge in [0.2, 0.25) is 5.16 Å². The summed E-state index contributed by atoms with van der Waals surface area (Å²) in [5.41, 5.74) is 1.07. The predicted octanol–water partition coefficient (Wildman–Crippen LogP) is 4.89. The summed E-state index contributed by atoms with van der Waals surface area (Å²) >= 11 is 13.1. The van der Waals surface area contributed by atoms with E-state index in [2.05, 4.69) is 22.1 Å². The fourth-order valence-electron chi connectivity index (χ4n) is 2.40. The number of carboxylic acid groups (broad SMARTS) is 1. The number of carbonyl (C=O) groups is 1. The zero-order valence-corrected chi connectivity index (χ0v) is 16.0. The van der Waals surface area contributed by atoms with Gasteiger partial charge in [-0.3, -0.25) is 9.89 Å². The number of hydrogen-bond acceptors (Lipinski definition) is 5. The number of H-pyrrole nitrogens is 1. The number of carboxylic acids is 1. The van der Waals surface area contributed by atoms with Crippen molar-refractivity contribution in [2.24, 2.45) is 0 Å². The van der Waals surface area contributed by atoms with E-state index in [1.54, 1.807) is 6.07 Å². The number of aliphatic carboxylic acids is 1. The molecule has 6 nitrogen and oxygen atoms in total. The van der Waals surface area contributed by atoms with Crippen LogP contribution in [0.25, 0.3) is 11.6 Å². The fraction of sp³-hybridized carbons (Fsp3) is 0.235. The minimum absolute atomic E-state index is 0.0954. The average Bonchev–Trinajstić information content (AvgIpc) is 3.24. The predicted molar refractivity (Wildman–Crippen MR) is 101 cm³/mol. The number of aromatic amines is 1. The van der Waals surface area contributed by atoms with Crippen molar-refractivity contribution < 1.29 is 14.3 Å². The molecule has 3 rings (SSSR count). The lowest BCUT2D eigenvalue weighted by molar-refractivity contribution is -0.133. The number of hydrogen-bond donors (Lipinski definition) is 2. The number of nitrogens with one attached hydrogen (secondary N) is 1. The van der Waals surface area contributed by atoms with Gasteiger partial charge in [0.1, 0.15) is 5.76 Å². The Balaban J connectivity index is 1.67. The number of furan rings is 1. The van der Waals surface area contributed by atoms with E-state index in [0.29, 0.717) is 33.2 Å². The minimum atomic E-state index is -0.919. The SMILES string of the molecule is CC(Cc1ccc(-c2nc(SCC(=O)O)n[nH]2)o1)c1ccc(Cl)c(Cl)c1. The van der Waals surface area contributed by atoms with E-state index >= 15 is 0 Å². The maximum absolute atomic E-state index is 10.6. The molecule has 0 radical (unpaired) electrons. The summed E-state index contributed by atoms with van der Waals surface area (Å²) in [6, 6.07) is 9.29. The van der Waals surface area contributed by atoms with Crippen LogP contribution < -0.4 is 0 Å². The Morgan fingerprint density at radius 3 is 2.85 bits per heavy atom. The molecule has 0 amide bonds. The van der Waals surface area contributed by atoms with Crippen LogP contribution in [-0.4, -0.2) is 32.0 Å². The molecule has 2 aromatic heterocycles. The van der Waals surface area contributed by atoms with E-state index < -0.39 is 5.97 Å². The average molecular weight is 412 g/mol. The molecule has 0 bridgehead atoms. The highest BCUT2D eigenvalue weighted by Gasteiger charge is 2.14. The maximum atomic E-state index is 10.6. The first kappa shape index (κ1) is 18.8. The van der Waals surface area contributed by atoms with Gasteiger partial charge in [0, 0.05) is 6.42 Å². The van der Waals surface area contributed by atoms with E-state index in [1.807, 2.05) is 24.3 Å². The summed E-state index contributed by atoms with van der Waals surface area (Å²) in [5, 5.41) is 16.9. The van der Waals surface area contributed by atoms with Crippen LogP contribution in [0.4, 0.5) is 0 Å². The molecule has 0 spiro atoms. The van der Waals surface area contributed by atoms with E-state index in [9.17, 15) is 4.79 Å². The number of thioether (sulfide) groups is 1. The van der Waals surface area contributed by atoms with Crippen LogP contribution in [0.1, 0.15) is 24.2 Å². The Kier molecular flexibility index (Phi) is 5.90. The first-order chi connectivity index (χ1) is 12.4. The van der Waals surface area contributed by atoms with Gasteiger partial charge in [0.25, 0.3) is 0 Å². The molecule has 9 heteroatoms. The van der Waals surface area contributed by atoms with Crippen molar-refractivity contribution in [2.45, 2.75) is 24.4 Å². The molecule has 2 N–H and O–H groups in total. The second kappa shape index (κ2) is 8.16. The number of halogens is 2. The summed E-state index contributed by atoms with van der Waals surface area (Å²) < 4.78 is 5.84. The number of aromatic nitrogens is 3. The third-order valence-corrected chi connectivity index (χ3v) is 5.28. The number of nitrogens with zero attached hydrogens (tertiary/aromatic N) is 2. The van der Waals surface area contributed by atoms with Crippen LogP contribution in [0.15, 0.2) is 39.9 Å². The highest BCUT2D eigenvalue weighted by molar-refractivity contribution is 7.99. The molecule has 0 aliphatic heterocycles. The van der Waals surface area contributed by atoms with Crippen molar-refractivity contribution in [1.29, 1.82) is 0 Å². The summed E-state index contributed by atoms with van der Waals surface area (Å²) in [5.74, 6) is 0.997. The lowest BCUT2D eigenvalue weighted by Crippen LogP contribution is -1.97. The molecule has 0 saturated heterocycles. The van der Waals surface area contributed by atoms with Gasteiger partial charge in [-0.15, -0.1) is 5.10 Å². The Hall–Kier alpha value is -1.96. The van der Waals surface area contributed by atoms with E-state index in [4.69, 9.17) is 32.7 Å². The zero-order chi connectivity index (χ0) is 18.7. The molecule has 2 heterocycles. The second-order valence-corrected chi connectivity index (χ2v) is 7.45. The summed E-state index contributed by atoms with van der Waals surface area (Å²) in [4.78, 5) is 14.8. The van der Waals surface area contributed by atoms with Crippen LogP contribution in [0.2, 0.25) is 10.0 Å². The van der Waals surface area contributed by atoms with Gasteiger partial charge >= 0.3 is 5.97 Å². The first-order valence-electron chi connectivity index (χ1n) is 7.73. The molecule has 1 aromatic carbocycles. The van der Waals surface area contributed by atoms with Crippen molar-refractivity contribution in [1.82, 2.24) is 15.2 Å². The van der Waals surface area contributed by atoms with Gasteiger partial charge < -0.3 is 9.52 Å². The Morgan fingerprint density at radius 1 is 1.31 bits per heavy atom. The quantitative estimate of drug-likeness (QED) is 0.537. The lowest BCUT2D eigenvalue weighted by atomic mass is 9.97. The molecule has 26 heavy (non-hydrogen) atoms. The van der Waals surface area contributed by atoms with Crippen LogP contribution in [0, 0.1) is 0 Å². The third kappa shape index (κ3) is 4.60. The molecule has 0 fully saturated rings. The Morgan fingerprint density at radius 2 is 2.12 bits per heavy atom. The summed E-state index contributed by atoms with van der Waals surface area (Å²) in [6.45, 7) is 2.08. The Labute approximate surface area is 163 Å².